The molecule has 0 aromatic rings. The van der Waals surface area contributed by atoms with Gasteiger partial charge in [0.05, 0.1) is 13.2 Å². The third-order valence-electron chi connectivity index (χ3n) is 1.35. The normalized spacial score (nSPS) is 10.5. The van der Waals surface area contributed by atoms with Crippen molar-refractivity contribution >= 4 is 11.6 Å². The van der Waals surface area contributed by atoms with E-state index in [1.165, 1.54) is 0 Å². The van der Waals surface area contributed by atoms with E-state index >= 15 is 0 Å². The molecule has 0 aromatic carbocycles. The van der Waals surface area contributed by atoms with Crippen LogP contribution in [0.3, 0.4) is 0 Å². The van der Waals surface area contributed by atoms with Crippen molar-refractivity contribution in [1.82, 2.24) is 5.32 Å². The van der Waals surface area contributed by atoms with Crippen LogP contribution in [0.15, 0.2) is 0 Å². The van der Waals surface area contributed by atoms with Gasteiger partial charge in [-0.2, -0.15) is 0 Å². The van der Waals surface area contributed by atoms with Gasteiger partial charge in [0.25, 0.3) is 0 Å². The molecule has 0 aliphatic carbocycles. The van der Waals surface area contributed by atoms with Crippen LogP contribution in [0.1, 0.15) is 6.42 Å². The van der Waals surface area contributed by atoms with E-state index < -0.39 is 0 Å². The molecule has 0 unspecified atom stereocenters. The second-order valence-corrected chi connectivity index (χ2v) is 2.78. The summed E-state index contributed by atoms with van der Waals surface area (Å²) >= 11 is 5.43. The van der Waals surface area contributed by atoms with Crippen molar-refractivity contribution in [3.63, 3.8) is 0 Å². The molecule has 0 fully saturated rings. The molecule has 0 spiro atoms. The minimum atomic E-state index is 0.580. The number of rotatable bonds is 9. The highest BCUT2D eigenvalue weighted by molar-refractivity contribution is 6.17. The monoisotopic (exact) mass is 195 g/mol. The number of hydrogen-bond acceptors (Lipinski definition) is 3. The van der Waals surface area contributed by atoms with E-state index in [0.29, 0.717) is 12.5 Å². The Hall–Kier alpha value is 0.170. The van der Waals surface area contributed by atoms with Crippen LogP contribution in [0.2, 0.25) is 0 Å². The van der Waals surface area contributed by atoms with Crippen LogP contribution < -0.4 is 5.32 Å². The average Bonchev–Trinajstić information content (AvgIpc) is 2.10. The molecule has 0 bridgehead atoms. The molecule has 0 aliphatic heterocycles. The number of nitrogens with one attached hydrogen (secondary N) is 1. The number of ether oxygens (including phenoxy) is 2. The Kier molecular flexibility index (Phi) is 11.3. The fraction of sp³-hybridized carbons (Fsp3) is 1.00. The summed E-state index contributed by atoms with van der Waals surface area (Å²) in [5.41, 5.74) is 0. The minimum Gasteiger partial charge on any atom is -0.383 e. The van der Waals surface area contributed by atoms with Crippen molar-refractivity contribution in [3.05, 3.63) is 0 Å². The molecular formula is C8H18ClNO2. The zero-order chi connectivity index (χ0) is 9.07. The lowest BCUT2D eigenvalue weighted by Gasteiger charge is -2.03. The summed E-state index contributed by atoms with van der Waals surface area (Å²) in [5, 5.41) is 3.23. The van der Waals surface area contributed by atoms with E-state index in [1.54, 1.807) is 7.11 Å². The van der Waals surface area contributed by atoms with Crippen LogP contribution in [-0.2, 0) is 9.47 Å². The molecule has 3 nitrogen and oxygen atoms in total. The summed E-state index contributed by atoms with van der Waals surface area (Å²) in [4.78, 5) is 0. The lowest BCUT2D eigenvalue weighted by molar-refractivity contribution is 0.145. The second kappa shape index (κ2) is 11.2. The standard InChI is InChI=1S/C8H18ClNO2/c1-11-8-5-10-4-2-6-12-7-3-9/h10H,2-8H2,1H3. The molecule has 4 heteroatoms. The van der Waals surface area contributed by atoms with Gasteiger partial charge in [-0.25, -0.2) is 0 Å². The molecule has 12 heavy (non-hydrogen) atoms. The fourth-order valence-electron chi connectivity index (χ4n) is 0.755. The highest BCUT2D eigenvalue weighted by atomic mass is 35.5. The molecule has 0 saturated heterocycles. The topological polar surface area (TPSA) is 30.5 Å². The quantitative estimate of drug-likeness (QED) is 0.438. The van der Waals surface area contributed by atoms with E-state index in [0.717, 1.165) is 32.7 Å². The lowest BCUT2D eigenvalue weighted by atomic mass is 10.4. The Morgan fingerprint density at radius 3 is 2.67 bits per heavy atom. The van der Waals surface area contributed by atoms with Crippen LogP contribution in [0.25, 0.3) is 0 Å². The van der Waals surface area contributed by atoms with Gasteiger partial charge in [0.1, 0.15) is 0 Å². The van der Waals surface area contributed by atoms with Gasteiger partial charge in [-0.15, -0.1) is 11.6 Å². The van der Waals surface area contributed by atoms with E-state index in [-0.39, 0.29) is 0 Å². The smallest absolute Gasteiger partial charge is 0.0601 e. The van der Waals surface area contributed by atoms with Crippen LogP contribution in [0, 0.1) is 0 Å². The number of halogens is 1. The SMILES string of the molecule is COCCNCCCOCCCl. The predicted molar refractivity (Wildman–Crippen MR) is 50.9 cm³/mol. The first kappa shape index (κ1) is 12.2. The summed E-state index contributed by atoms with van der Waals surface area (Å²) in [6.07, 6.45) is 1.03. The molecule has 0 aliphatic rings. The number of methoxy groups -OCH3 is 1. The van der Waals surface area contributed by atoms with E-state index in [2.05, 4.69) is 5.32 Å². The predicted octanol–water partition coefficient (Wildman–Crippen LogP) is 0.868. The van der Waals surface area contributed by atoms with Gasteiger partial charge >= 0.3 is 0 Å². The highest BCUT2D eigenvalue weighted by Gasteiger charge is 1.88. The lowest BCUT2D eigenvalue weighted by Crippen LogP contribution is -2.21. The summed E-state index contributed by atoms with van der Waals surface area (Å²) in [7, 11) is 1.70. The Labute approximate surface area is 79.4 Å². The third-order valence-corrected chi connectivity index (χ3v) is 1.50. The molecule has 0 rings (SSSR count). The van der Waals surface area contributed by atoms with E-state index in [4.69, 9.17) is 21.1 Å². The van der Waals surface area contributed by atoms with E-state index in [9.17, 15) is 0 Å². The van der Waals surface area contributed by atoms with Crippen LogP contribution >= 0.6 is 11.6 Å². The largest absolute Gasteiger partial charge is 0.383 e. The van der Waals surface area contributed by atoms with Crippen molar-refractivity contribution in [2.45, 2.75) is 6.42 Å². The minimum absolute atomic E-state index is 0.580. The van der Waals surface area contributed by atoms with Gasteiger partial charge in [0, 0.05) is 26.1 Å². The Bertz CT molecular complexity index is 73.5. The molecule has 0 heterocycles. The molecule has 0 radical (unpaired) electrons. The van der Waals surface area contributed by atoms with Crippen LogP contribution in [-0.4, -0.2) is 45.9 Å². The van der Waals surface area contributed by atoms with Crippen molar-refractivity contribution in [3.8, 4) is 0 Å². The highest BCUT2D eigenvalue weighted by Crippen LogP contribution is 1.82. The van der Waals surface area contributed by atoms with Gasteiger partial charge in [-0.05, 0) is 13.0 Å². The average molecular weight is 196 g/mol. The van der Waals surface area contributed by atoms with Gasteiger partial charge in [0.15, 0.2) is 0 Å². The molecule has 0 saturated carbocycles. The molecule has 0 aromatic heterocycles. The van der Waals surface area contributed by atoms with Crippen molar-refractivity contribution in [2.75, 3.05) is 45.9 Å². The third kappa shape index (κ3) is 10.2. The molecule has 74 valence electrons. The Morgan fingerprint density at radius 2 is 2.00 bits per heavy atom. The van der Waals surface area contributed by atoms with Crippen LogP contribution in [0.4, 0.5) is 0 Å². The van der Waals surface area contributed by atoms with Gasteiger partial charge < -0.3 is 14.8 Å². The molecular weight excluding hydrogens is 178 g/mol. The van der Waals surface area contributed by atoms with Crippen molar-refractivity contribution in [1.29, 1.82) is 0 Å². The van der Waals surface area contributed by atoms with E-state index in [1.807, 2.05) is 0 Å². The zero-order valence-electron chi connectivity index (χ0n) is 7.64. The summed E-state index contributed by atoms with van der Waals surface area (Å²) < 4.78 is 10.1. The summed E-state index contributed by atoms with van der Waals surface area (Å²) in [5.74, 6) is 0.580. The molecule has 0 amide bonds. The number of alkyl halides is 1. The molecule has 0 atom stereocenters. The molecule has 1 N–H and O–H groups in total. The zero-order valence-corrected chi connectivity index (χ0v) is 8.40. The van der Waals surface area contributed by atoms with Crippen molar-refractivity contribution in [2.24, 2.45) is 0 Å². The Balaban J connectivity index is 2.73. The number of hydrogen-bond donors (Lipinski definition) is 1. The van der Waals surface area contributed by atoms with Gasteiger partial charge in [-0.1, -0.05) is 0 Å². The van der Waals surface area contributed by atoms with Gasteiger partial charge in [-0.3, -0.25) is 0 Å². The first-order chi connectivity index (χ1) is 5.91. The van der Waals surface area contributed by atoms with Gasteiger partial charge in [0.2, 0.25) is 0 Å². The first-order valence-corrected chi connectivity index (χ1v) is 4.78. The summed E-state index contributed by atoms with van der Waals surface area (Å²) in [6, 6.07) is 0. The Morgan fingerprint density at radius 1 is 1.17 bits per heavy atom. The van der Waals surface area contributed by atoms with Crippen LogP contribution in [0.5, 0.6) is 0 Å². The maximum atomic E-state index is 5.43. The first-order valence-electron chi connectivity index (χ1n) is 4.25. The maximum absolute atomic E-state index is 5.43. The summed E-state index contributed by atoms with van der Waals surface area (Å²) in [6.45, 7) is 4.09. The fourth-order valence-corrected chi connectivity index (χ4v) is 0.864. The second-order valence-electron chi connectivity index (χ2n) is 2.40. The van der Waals surface area contributed by atoms with Crippen molar-refractivity contribution < 1.29 is 9.47 Å². The maximum Gasteiger partial charge on any atom is 0.0601 e.